The Labute approximate surface area is 222 Å². The standard InChI is InChI=1S/C24H42N4O6S2/c1-23(2,3)33-21(31)27-13-7-9-17(27)19(29)25-11-15-35-36-16-12-26-20(30)18-10-8-14-28(18)22(32)34-24(4,5)6/h17-18H,7-16H2,1-6H3,(H,25,29)(H,26,30)/t17-,18-/m0/s1. The van der Waals surface area contributed by atoms with E-state index in [1.54, 1.807) is 21.6 Å². The van der Waals surface area contributed by atoms with Crippen LogP contribution >= 0.6 is 21.6 Å². The molecule has 12 heteroatoms. The zero-order chi connectivity index (χ0) is 26.9. The molecule has 0 saturated carbocycles. The fourth-order valence-corrected chi connectivity index (χ4v) is 5.76. The first-order valence-electron chi connectivity index (χ1n) is 12.6. The first kappa shape index (κ1) is 30.4. The highest BCUT2D eigenvalue weighted by Crippen LogP contribution is 2.23. The van der Waals surface area contributed by atoms with Crippen molar-refractivity contribution in [2.45, 2.75) is 90.5 Å². The molecule has 2 aliphatic rings. The first-order chi connectivity index (χ1) is 16.8. The van der Waals surface area contributed by atoms with Crippen LogP contribution in [0.25, 0.3) is 0 Å². The highest BCUT2D eigenvalue weighted by molar-refractivity contribution is 8.76. The summed E-state index contributed by atoms with van der Waals surface area (Å²) in [5.41, 5.74) is -1.19. The molecule has 0 aromatic rings. The predicted octanol–water partition coefficient (Wildman–Crippen LogP) is 3.40. The number of amides is 4. The molecule has 206 valence electrons. The van der Waals surface area contributed by atoms with Gasteiger partial charge in [-0.25, -0.2) is 9.59 Å². The van der Waals surface area contributed by atoms with Gasteiger partial charge in [-0.05, 0) is 67.2 Å². The Morgan fingerprint density at radius 2 is 1.08 bits per heavy atom. The third-order valence-electron chi connectivity index (χ3n) is 5.42. The van der Waals surface area contributed by atoms with Gasteiger partial charge in [0.05, 0.1) is 0 Å². The molecule has 0 radical (unpaired) electrons. The molecule has 2 atom stereocenters. The SMILES string of the molecule is CC(C)(C)OC(=O)N1CCC[C@H]1C(=O)NCCSSCCNC(=O)[C@@H]1CCCN1C(=O)OC(C)(C)C. The van der Waals surface area contributed by atoms with Crippen LogP contribution in [0.15, 0.2) is 0 Å². The topological polar surface area (TPSA) is 117 Å². The number of nitrogens with zero attached hydrogens (tertiary/aromatic N) is 2. The summed E-state index contributed by atoms with van der Waals surface area (Å²) >= 11 is 0. The summed E-state index contributed by atoms with van der Waals surface area (Å²) in [5.74, 6) is 1.11. The molecule has 0 spiro atoms. The van der Waals surface area contributed by atoms with Crippen molar-refractivity contribution in [3.63, 3.8) is 0 Å². The molecule has 2 saturated heterocycles. The highest BCUT2D eigenvalue weighted by Gasteiger charge is 2.37. The van der Waals surface area contributed by atoms with Crippen LogP contribution in [0.2, 0.25) is 0 Å². The second-order valence-corrected chi connectivity index (χ2v) is 13.6. The average Bonchev–Trinajstić information content (AvgIpc) is 3.43. The van der Waals surface area contributed by atoms with E-state index < -0.39 is 35.5 Å². The van der Waals surface area contributed by atoms with E-state index in [0.29, 0.717) is 50.5 Å². The lowest BCUT2D eigenvalue weighted by Crippen LogP contribution is -2.48. The van der Waals surface area contributed by atoms with Crippen molar-refractivity contribution in [3.8, 4) is 0 Å². The maximum atomic E-state index is 12.6. The van der Waals surface area contributed by atoms with Crippen molar-refractivity contribution in [2.75, 3.05) is 37.7 Å². The van der Waals surface area contributed by atoms with Gasteiger partial charge < -0.3 is 20.1 Å². The fourth-order valence-electron chi connectivity index (χ4n) is 3.94. The van der Waals surface area contributed by atoms with Crippen molar-refractivity contribution >= 4 is 45.6 Å². The van der Waals surface area contributed by atoms with E-state index in [1.807, 2.05) is 41.5 Å². The summed E-state index contributed by atoms with van der Waals surface area (Å²) in [5, 5.41) is 5.82. The molecule has 0 aromatic heterocycles. The summed E-state index contributed by atoms with van der Waals surface area (Å²) in [6.45, 7) is 12.9. The Morgan fingerprint density at radius 1 is 0.722 bits per heavy atom. The molecule has 4 amide bonds. The van der Waals surface area contributed by atoms with Gasteiger partial charge in [0.25, 0.3) is 0 Å². The van der Waals surface area contributed by atoms with Gasteiger partial charge in [-0.15, -0.1) is 0 Å². The Morgan fingerprint density at radius 3 is 1.42 bits per heavy atom. The number of likely N-dealkylation sites (tertiary alicyclic amines) is 2. The number of hydrogen-bond donors (Lipinski definition) is 2. The maximum absolute atomic E-state index is 12.6. The second kappa shape index (κ2) is 13.6. The number of nitrogens with one attached hydrogen (secondary N) is 2. The smallest absolute Gasteiger partial charge is 0.410 e. The molecule has 36 heavy (non-hydrogen) atoms. The minimum atomic E-state index is -0.595. The Bertz CT molecular complexity index is 720. The van der Waals surface area contributed by atoms with Gasteiger partial charge in [0, 0.05) is 37.7 Å². The monoisotopic (exact) mass is 546 g/mol. The maximum Gasteiger partial charge on any atom is 0.410 e. The highest BCUT2D eigenvalue weighted by atomic mass is 33.1. The van der Waals surface area contributed by atoms with Crippen molar-refractivity contribution in [2.24, 2.45) is 0 Å². The zero-order valence-electron chi connectivity index (χ0n) is 22.4. The first-order valence-corrected chi connectivity index (χ1v) is 15.1. The van der Waals surface area contributed by atoms with Gasteiger partial charge in [0.1, 0.15) is 23.3 Å². The van der Waals surface area contributed by atoms with Crippen molar-refractivity contribution in [1.82, 2.24) is 20.4 Å². The second-order valence-electron chi connectivity index (χ2n) is 10.9. The number of ether oxygens (including phenoxy) is 2. The van der Waals surface area contributed by atoms with Crippen LogP contribution in [0.5, 0.6) is 0 Å². The minimum Gasteiger partial charge on any atom is -0.444 e. The molecule has 0 unspecified atom stereocenters. The molecule has 0 bridgehead atoms. The van der Waals surface area contributed by atoms with Crippen LogP contribution in [0, 0.1) is 0 Å². The molecule has 2 fully saturated rings. The normalized spacial score (nSPS) is 20.3. The van der Waals surface area contributed by atoms with Crippen LogP contribution in [-0.4, -0.2) is 94.8 Å². The lowest BCUT2D eigenvalue weighted by molar-refractivity contribution is -0.126. The summed E-state index contributed by atoms with van der Waals surface area (Å²) in [4.78, 5) is 52.8. The van der Waals surface area contributed by atoms with Gasteiger partial charge in [-0.2, -0.15) is 0 Å². The number of carbonyl (C=O) groups is 4. The van der Waals surface area contributed by atoms with Gasteiger partial charge >= 0.3 is 12.2 Å². The molecule has 0 aliphatic carbocycles. The zero-order valence-corrected chi connectivity index (χ0v) is 24.0. The molecule has 2 aliphatic heterocycles. The molecule has 2 rings (SSSR count). The van der Waals surface area contributed by atoms with Gasteiger partial charge in [-0.1, -0.05) is 21.6 Å². The van der Waals surface area contributed by atoms with Crippen LogP contribution in [-0.2, 0) is 19.1 Å². The average molecular weight is 547 g/mol. The summed E-state index contributed by atoms with van der Waals surface area (Å²) in [6.07, 6.45) is 1.95. The van der Waals surface area contributed by atoms with E-state index in [9.17, 15) is 19.2 Å². The third kappa shape index (κ3) is 10.3. The van der Waals surface area contributed by atoms with E-state index in [1.165, 1.54) is 9.80 Å². The Hall–Kier alpha value is -1.82. The quantitative estimate of drug-likeness (QED) is 0.334. The van der Waals surface area contributed by atoms with E-state index in [0.717, 1.165) is 12.8 Å². The number of carbonyl (C=O) groups excluding carboxylic acids is 4. The largest absolute Gasteiger partial charge is 0.444 e. The van der Waals surface area contributed by atoms with Crippen LogP contribution < -0.4 is 10.6 Å². The minimum absolute atomic E-state index is 0.151. The lowest BCUT2D eigenvalue weighted by Gasteiger charge is -2.28. The Balaban J connectivity index is 1.59. The van der Waals surface area contributed by atoms with Gasteiger partial charge in [0.15, 0.2) is 0 Å². The van der Waals surface area contributed by atoms with Crippen LogP contribution in [0.3, 0.4) is 0 Å². The molecule has 10 nitrogen and oxygen atoms in total. The molecule has 2 N–H and O–H groups in total. The van der Waals surface area contributed by atoms with E-state index in [4.69, 9.17) is 9.47 Å². The predicted molar refractivity (Wildman–Crippen MR) is 143 cm³/mol. The van der Waals surface area contributed by atoms with E-state index in [2.05, 4.69) is 10.6 Å². The Kier molecular flexibility index (Phi) is 11.5. The molecule has 0 aromatic carbocycles. The molecular formula is C24H42N4O6S2. The summed E-state index contributed by atoms with van der Waals surface area (Å²) < 4.78 is 10.8. The van der Waals surface area contributed by atoms with Crippen molar-refractivity contribution in [3.05, 3.63) is 0 Å². The lowest BCUT2D eigenvalue weighted by atomic mass is 10.2. The van der Waals surface area contributed by atoms with Crippen LogP contribution in [0.4, 0.5) is 9.59 Å². The molecule has 2 heterocycles. The van der Waals surface area contributed by atoms with E-state index >= 15 is 0 Å². The van der Waals surface area contributed by atoms with Crippen molar-refractivity contribution in [1.29, 1.82) is 0 Å². The van der Waals surface area contributed by atoms with E-state index in [-0.39, 0.29) is 11.8 Å². The third-order valence-corrected chi connectivity index (χ3v) is 7.83. The summed E-state index contributed by atoms with van der Waals surface area (Å²) in [6, 6.07) is -0.966. The van der Waals surface area contributed by atoms with Gasteiger partial charge in [0.2, 0.25) is 11.8 Å². The number of rotatable bonds is 9. The number of hydrogen-bond acceptors (Lipinski definition) is 8. The van der Waals surface area contributed by atoms with Gasteiger partial charge in [-0.3, -0.25) is 19.4 Å². The summed E-state index contributed by atoms with van der Waals surface area (Å²) in [7, 11) is 3.22. The van der Waals surface area contributed by atoms with Crippen LogP contribution in [0.1, 0.15) is 67.2 Å². The molecular weight excluding hydrogens is 504 g/mol. The van der Waals surface area contributed by atoms with Crippen molar-refractivity contribution < 1.29 is 28.7 Å². The fraction of sp³-hybridized carbons (Fsp3) is 0.833.